The van der Waals surface area contributed by atoms with E-state index in [0.717, 1.165) is 19.4 Å². The molecule has 0 radical (unpaired) electrons. The second-order valence-corrected chi connectivity index (χ2v) is 6.18. The summed E-state index contributed by atoms with van der Waals surface area (Å²) in [5.41, 5.74) is 0.407. The molecule has 0 bridgehead atoms. The van der Waals surface area contributed by atoms with Gasteiger partial charge in [-0.15, -0.1) is 0 Å². The lowest BCUT2D eigenvalue weighted by Gasteiger charge is -2.24. The maximum absolute atomic E-state index is 11.8. The van der Waals surface area contributed by atoms with E-state index >= 15 is 0 Å². The van der Waals surface area contributed by atoms with Gasteiger partial charge in [0.15, 0.2) is 0 Å². The van der Waals surface area contributed by atoms with E-state index < -0.39 is 0 Å². The molecule has 0 aromatic carbocycles. The molecule has 2 N–H and O–H groups in total. The first kappa shape index (κ1) is 12.7. The molecule has 0 saturated heterocycles. The zero-order valence-electron chi connectivity index (χ0n) is 11.2. The van der Waals surface area contributed by atoms with Gasteiger partial charge in [-0.05, 0) is 37.0 Å². The highest BCUT2D eigenvalue weighted by molar-refractivity contribution is 5.74. The summed E-state index contributed by atoms with van der Waals surface area (Å²) in [5.74, 6) is 0.678. The molecule has 0 aromatic heterocycles. The van der Waals surface area contributed by atoms with Gasteiger partial charge in [-0.1, -0.05) is 33.1 Å². The van der Waals surface area contributed by atoms with Crippen molar-refractivity contribution in [3.05, 3.63) is 0 Å². The molecular weight excluding hydrogens is 212 g/mol. The SMILES string of the molecule is CC(C)C1(CNC(=O)NC2CCCCC2)CC1. The van der Waals surface area contributed by atoms with Crippen molar-refractivity contribution in [2.45, 2.75) is 64.8 Å². The van der Waals surface area contributed by atoms with Gasteiger partial charge in [-0.2, -0.15) is 0 Å². The minimum absolute atomic E-state index is 0.0452. The Hall–Kier alpha value is -0.730. The predicted octanol–water partition coefficient (Wildman–Crippen LogP) is 3.05. The Morgan fingerprint density at radius 3 is 2.41 bits per heavy atom. The molecule has 0 aliphatic heterocycles. The number of carbonyl (C=O) groups excluding carboxylic acids is 1. The molecular formula is C14H26N2O. The first-order valence-corrected chi connectivity index (χ1v) is 7.17. The molecule has 0 spiro atoms. The van der Waals surface area contributed by atoms with Gasteiger partial charge in [0.1, 0.15) is 0 Å². The number of carbonyl (C=O) groups is 1. The Balaban J connectivity index is 1.67. The number of nitrogens with one attached hydrogen (secondary N) is 2. The molecule has 2 fully saturated rings. The fourth-order valence-electron chi connectivity index (χ4n) is 2.86. The van der Waals surface area contributed by atoms with Crippen LogP contribution >= 0.6 is 0 Å². The van der Waals surface area contributed by atoms with Gasteiger partial charge in [-0.25, -0.2) is 4.79 Å². The van der Waals surface area contributed by atoms with Crippen LogP contribution in [0.2, 0.25) is 0 Å². The summed E-state index contributed by atoms with van der Waals surface area (Å²) >= 11 is 0. The second-order valence-electron chi connectivity index (χ2n) is 6.18. The van der Waals surface area contributed by atoms with Crippen LogP contribution in [0.3, 0.4) is 0 Å². The molecule has 0 unspecified atom stereocenters. The topological polar surface area (TPSA) is 41.1 Å². The third kappa shape index (κ3) is 3.36. The Labute approximate surface area is 105 Å². The molecule has 2 aliphatic rings. The summed E-state index contributed by atoms with van der Waals surface area (Å²) in [5, 5.41) is 6.17. The van der Waals surface area contributed by atoms with Gasteiger partial charge in [0, 0.05) is 12.6 Å². The summed E-state index contributed by atoms with van der Waals surface area (Å²) in [4.78, 5) is 11.8. The van der Waals surface area contributed by atoms with E-state index in [1.54, 1.807) is 0 Å². The number of urea groups is 1. The standard InChI is InChI=1S/C14H26N2O/c1-11(2)14(8-9-14)10-15-13(17)16-12-6-4-3-5-7-12/h11-12H,3-10H2,1-2H3,(H2,15,16,17). The monoisotopic (exact) mass is 238 g/mol. The number of amides is 2. The van der Waals surface area contributed by atoms with Crippen molar-refractivity contribution < 1.29 is 4.79 Å². The quantitative estimate of drug-likeness (QED) is 0.776. The zero-order chi connectivity index (χ0) is 12.3. The molecule has 2 amide bonds. The smallest absolute Gasteiger partial charge is 0.315 e. The first-order chi connectivity index (χ1) is 8.12. The van der Waals surface area contributed by atoms with E-state index in [1.165, 1.54) is 32.1 Å². The molecule has 3 nitrogen and oxygen atoms in total. The van der Waals surface area contributed by atoms with E-state index in [2.05, 4.69) is 24.5 Å². The van der Waals surface area contributed by atoms with Crippen LogP contribution in [-0.4, -0.2) is 18.6 Å². The number of hydrogen-bond donors (Lipinski definition) is 2. The zero-order valence-corrected chi connectivity index (χ0v) is 11.2. The van der Waals surface area contributed by atoms with Crippen LogP contribution in [0.15, 0.2) is 0 Å². The van der Waals surface area contributed by atoms with Crippen molar-refractivity contribution in [2.24, 2.45) is 11.3 Å². The molecule has 2 aliphatic carbocycles. The molecule has 2 saturated carbocycles. The minimum Gasteiger partial charge on any atom is -0.338 e. The largest absolute Gasteiger partial charge is 0.338 e. The summed E-state index contributed by atoms with van der Waals surface area (Å²) in [6.07, 6.45) is 8.71. The van der Waals surface area contributed by atoms with E-state index in [9.17, 15) is 4.79 Å². The third-order valence-corrected chi connectivity index (χ3v) is 4.66. The first-order valence-electron chi connectivity index (χ1n) is 7.17. The fourth-order valence-corrected chi connectivity index (χ4v) is 2.86. The van der Waals surface area contributed by atoms with Crippen molar-refractivity contribution in [1.29, 1.82) is 0 Å². The highest BCUT2D eigenvalue weighted by Gasteiger charge is 2.45. The van der Waals surface area contributed by atoms with Gasteiger partial charge in [0.25, 0.3) is 0 Å². The van der Waals surface area contributed by atoms with Crippen LogP contribution in [0.25, 0.3) is 0 Å². The lowest BCUT2D eigenvalue weighted by atomic mass is 9.92. The third-order valence-electron chi connectivity index (χ3n) is 4.66. The minimum atomic E-state index is 0.0452. The molecule has 2 rings (SSSR count). The highest BCUT2D eigenvalue weighted by Crippen LogP contribution is 2.51. The summed E-state index contributed by atoms with van der Waals surface area (Å²) in [6.45, 7) is 5.37. The summed E-state index contributed by atoms with van der Waals surface area (Å²) in [6, 6.07) is 0.460. The maximum atomic E-state index is 11.8. The van der Waals surface area contributed by atoms with E-state index in [-0.39, 0.29) is 6.03 Å². The summed E-state index contributed by atoms with van der Waals surface area (Å²) < 4.78 is 0. The van der Waals surface area contributed by atoms with Crippen molar-refractivity contribution >= 4 is 6.03 Å². The number of rotatable bonds is 4. The van der Waals surface area contributed by atoms with E-state index in [4.69, 9.17) is 0 Å². The molecule has 98 valence electrons. The van der Waals surface area contributed by atoms with Crippen molar-refractivity contribution in [2.75, 3.05) is 6.54 Å². The molecule has 0 aromatic rings. The maximum Gasteiger partial charge on any atom is 0.315 e. The average molecular weight is 238 g/mol. The predicted molar refractivity (Wildman–Crippen MR) is 69.9 cm³/mol. The van der Waals surface area contributed by atoms with Gasteiger partial charge >= 0.3 is 6.03 Å². The number of hydrogen-bond acceptors (Lipinski definition) is 1. The van der Waals surface area contributed by atoms with Gasteiger partial charge < -0.3 is 10.6 Å². The molecule has 0 heterocycles. The van der Waals surface area contributed by atoms with Crippen LogP contribution in [-0.2, 0) is 0 Å². The van der Waals surface area contributed by atoms with Gasteiger partial charge in [0.2, 0.25) is 0 Å². The van der Waals surface area contributed by atoms with Crippen molar-refractivity contribution in [1.82, 2.24) is 10.6 Å². The van der Waals surface area contributed by atoms with Crippen molar-refractivity contribution in [3.63, 3.8) is 0 Å². The van der Waals surface area contributed by atoms with Crippen molar-refractivity contribution in [3.8, 4) is 0 Å². The van der Waals surface area contributed by atoms with Gasteiger partial charge in [0.05, 0.1) is 0 Å². The van der Waals surface area contributed by atoms with Gasteiger partial charge in [-0.3, -0.25) is 0 Å². The van der Waals surface area contributed by atoms with Crippen LogP contribution in [0, 0.1) is 11.3 Å². The normalized spacial score (nSPS) is 23.5. The van der Waals surface area contributed by atoms with E-state index in [1.807, 2.05) is 0 Å². The Morgan fingerprint density at radius 2 is 1.88 bits per heavy atom. The highest BCUT2D eigenvalue weighted by atomic mass is 16.2. The molecule has 17 heavy (non-hydrogen) atoms. The van der Waals surface area contributed by atoms with Crippen LogP contribution < -0.4 is 10.6 Å². The Bertz CT molecular complexity index is 265. The van der Waals surface area contributed by atoms with Crippen LogP contribution in [0.5, 0.6) is 0 Å². The second kappa shape index (κ2) is 5.28. The molecule has 0 atom stereocenters. The lowest BCUT2D eigenvalue weighted by Crippen LogP contribution is -2.45. The lowest BCUT2D eigenvalue weighted by molar-refractivity contribution is 0.227. The summed E-state index contributed by atoms with van der Waals surface area (Å²) in [7, 11) is 0. The Morgan fingerprint density at radius 1 is 1.24 bits per heavy atom. The van der Waals surface area contributed by atoms with E-state index in [0.29, 0.717) is 17.4 Å². The molecule has 3 heteroatoms. The van der Waals surface area contributed by atoms with Crippen LogP contribution in [0.4, 0.5) is 4.79 Å². The fraction of sp³-hybridized carbons (Fsp3) is 0.929. The average Bonchev–Trinajstić information content (AvgIpc) is 3.09. The Kier molecular flexibility index (Phi) is 3.95. The van der Waals surface area contributed by atoms with Crippen LogP contribution in [0.1, 0.15) is 58.8 Å².